The van der Waals surface area contributed by atoms with Gasteiger partial charge in [0.05, 0.1) is 0 Å². The lowest BCUT2D eigenvalue weighted by Gasteiger charge is -2.38. The summed E-state index contributed by atoms with van der Waals surface area (Å²) in [4.78, 5) is 19.9. The lowest BCUT2D eigenvalue weighted by atomic mass is 9.98. The average Bonchev–Trinajstić information content (AvgIpc) is 3.04. The molecule has 1 amide bonds. The van der Waals surface area contributed by atoms with Gasteiger partial charge < -0.3 is 15.1 Å². The first kappa shape index (κ1) is 24.3. The summed E-state index contributed by atoms with van der Waals surface area (Å²) in [7, 11) is 1.98. The van der Waals surface area contributed by atoms with Crippen LogP contribution >= 0.6 is 24.8 Å². The SMILES string of the molecule is CC(C)N1CCN(c2ccc(C(=O)N(C)C3CC4CCC(C3)N4)cc2)CC1.Cl.Cl. The van der Waals surface area contributed by atoms with Gasteiger partial charge in [-0.2, -0.15) is 0 Å². The van der Waals surface area contributed by atoms with Crippen molar-refractivity contribution in [1.29, 1.82) is 0 Å². The number of nitrogens with zero attached hydrogens (tertiary/aromatic N) is 3. The van der Waals surface area contributed by atoms with Crippen LogP contribution in [0.15, 0.2) is 24.3 Å². The van der Waals surface area contributed by atoms with E-state index in [1.807, 2.05) is 24.1 Å². The van der Waals surface area contributed by atoms with Crippen LogP contribution in [0.4, 0.5) is 5.69 Å². The second kappa shape index (κ2) is 10.3. The number of amides is 1. The van der Waals surface area contributed by atoms with Crippen molar-refractivity contribution in [1.82, 2.24) is 15.1 Å². The van der Waals surface area contributed by atoms with Crippen LogP contribution in [0.25, 0.3) is 0 Å². The highest BCUT2D eigenvalue weighted by Gasteiger charge is 2.36. The molecule has 29 heavy (non-hydrogen) atoms. The van der Waals surface area contributed by atoms with E-state index in [-0.39, 0.29) is 30.7 Å². The number of carbonyl (C=O) groups is 1. The van der Waals surface area contributed by atoms with Crippen LogP contribution in [0.1, 0.15) is 49.9 Å². The van der Waals surface area contributed by atoms with Crippen LogP contribution in [0.2, 0.25) is 0 Å². The molecular weight excluding hydrogens is 407 g/mol. The van der Waals surface area contributed by atoms with Crippen molar-refractivity contribution in [2.45, 2.75) is 63.7 Å². The zero-order valence-corrected chi connectivity index (χ0v) is 19.5. The average molecular weight is 443 g/mol. The van der Waals surface area contributed by atoms with E-state index < -0.39 is 0 Å². The first-order chi connectivity index (χ1) is 13.0. The molecule has 0 spiro atoms. The number of rotatable bonds is 4. The van der Waals surface area contributed by atoms with Gasteiger partial charge in [-0.05, 0) is 63.8 Å². The van der Waals surface area contributed by atoms with Gasteiger partial charge in [0.2, 0.25) is 0 Å². The van der Waals surface area contributed by atoms with Crippen molar-refractivity contribution in [3.63, 3.8) is 0 Å². The van der Waals surface area contributed by atoms with Gasteiger partial charge in [0, 0.05) is 68.6 Å². The molecule has 3 aliphatic heterocycles. The fraction of sp³-hybridized carbons (Fsp3) is 0.682. The van der Waals surface area contributed by atoms with E-state index in [9.17, 15) is 4.79 Å². The summed E-state index contributed by atoms with van der Waals surface area (Å²) >= 11 is 0. The first-order valence-corrected chi connectivity index (χ1v) is 10.6. The van der Waals surface area contributed by atoms with Crippen LogP contribution in [0.3, 0.4) is 0 Å². The molecule has 2 atom stereocenters. The van der Waals surface area contributed by atoms with E-state index >= 15 is 0 Å². The first-order valence-electron chi connectivity index (χ1n) is 10.6. The van der Waals surface area contributed by atoms with Crippen molar-refractivity contribution in [2.75, 3.05) is 38.1 Å². The molecule has 3 saturated heterocycles. The van der Waals surface area contributed by atoms with Crippen molar-refractivity contribution >= 4 is 36.4 Å². The third kappa shape index (κ3) is 5.38. The molecule has 1 aromatic carbocycles. The molecule has 0 saturated carbocycles. The van der Waals surface area contributed by atoms with E-state index in [0.29, 0.717) is 24.2 Å². The minimum Gasteiger partial charge on any atom is -0.369 e. The van der Waals surface area contributed by atoms with Gasteiger partial charge >= 0.3 is 0 Å². The number of carbonyl (C=O) groups excluding carboxylic acids is 1. The topological polar surface area (TPSA) is 38.8 Å². The quantitative estimate of drug-likeness (QED) is 0.774. The largest absolute Gasteiger partial charge is 0.369 e. The Morgan fingerprint density at radius 1 is 1.00 bits per heavy atom. The van der Waals surface area contributed by atoms with E-state index in [4.69, 9.17) is 0 Å². The van der Waals surface area contributed by atoms with Crippen LogP contribution in [-0.2, 0) is 0 Å². The van der Waals surface area contributed by atoms with Gasteiger partial charge in [0.15, 0.2) is 0 Å². The van der Waals surface area contributed by atoms with Crippen molar-refractivity contribution in [2.24, 2.45) is 0 Å². The Morgan fingerprint density at radius 2 is 1.55 bits per heavy atom. The maximum Gasteiger partial charge on any atom is 0.253 e. The molecule has 3 aliphatic rings. The van der Waals surface area contributed by atoms with Crippen LogP contribution in [0.5, 0.6) is 0 Å². The molecular formula is C22H36Cl2N4O. The van der Waals surface area contributed by atoms with Crippen molar-refractivity contribution in [3.05, 3.63) is 29.8 Å². The maximum absolute atomic E-state index is 13.0. The molecule has 2 unspecified atom stereocenters. The van der Waals surface area contributed by atoms with E-state index in [2.05, 4.69) is 41.1 Å². The predicted molar refractivity (Wildman–Crippen MR) is 125 cm³/mol. The molecule has 0 aromatic heterocycles. The number of piperazine rings is 1. The number of benzene rings is 1. The highest BCUT2D eigenvalue weighted by atomic mass is 35.5. The molecule has 3 heterocycles. The van der Waals surface area contributed by atoms with E-state index in [1.54, 1.807) is 0 Å². The minimum atomic E-state index is 0. The molecule has 0 aliphatic carbocycles. The summed E-state index contributed by atoms with van der Waals surface area (Å²) in [5, 5.41) is 3.66. The van der Waals surface area contributed by atoms with E-state index in [0.717, 1.165) is 44.6 Å². The summed E-state index contributed by atoms with van der Waals surface area (Å²) < 4.78 is 0. The number of halogens is 2. The summed E-state index contributed by atoms with van der Waals surface area (Å²) in [5.41, 5.74) is 2.05. The summed E-state index contributed by atoms with van der Waals surface area (Å²) in [6.07, 6.45) is 4.72. The number of piperidine rings is 1. The number of nitrogens with one attached hydrogen (secondary N) is 1. The fourth-order valence-corrected chi connectivity index (χ4v) is 5.02. The van der Waals surface area contributed by atoms with Gasteiger partial charge in [-0.25, -0.2) is 0 Å². The van der Waals surface area contributed by atoms with E-state index in [1.165, 1.54) is 18.5 Å². The Balaban J connectivity index is 0.00000150. The van der Waals surface area contributed by atoms with Crippen molar-refractivity contribution in [3.8, 4) is 0 Å². The Bertz CT molecular complexity index is 649. The number of fused-ring (bicyclic) bond motifs is 2. The Hall–Kier alpha value is -1.01. The molecule has 164 valence electrons. The highest BCUT2D eigenvalue weighted by molar-refractivity contribution is 5.94. The molecule has 5 nitrogen and oxygen atoms in total. The van der Waals surface area contributed by atoms with Crippen LogP contribution < -0.4 is 10.2 Å². The Morgan fingerprint density at radius 3 is 2.07 bits per heavy atom. The second-order valence-electron chi connectivity index (χ2n) is 8.84. The number of anilines is 1. The molecule has 1 N–H and O–H groups in total. The van der Waals surface area contributed by atoms with Gasteiger partial charge in [0.25, 0.3) is 5.91 Å². The maximum atomic E-state index is 13.0. The Labute approximate surface area is 188 Å². The monoisotopic (exact) mass is 442 g/mol. The lowest BCUT2D eigenvalue weighted by molar-refractivity contribution is 0.0681. The molecule has 2 bridgehead atoms. The number of hydrogen-bond donors (Lipinski definition) is 1. The lowest BCUT2D eigenvalue weighted by Crippen LogP contribution is -2.49. The third-order valence-corrected chi connectivity index (χ3v) is 6.84. The van der Waals surface area contributed by atoms with Crippen LogP contribution in [-0.4, -0.2) is 73.1 Å². The molecule has 0 radical (unpaired) electrons. The normalized spacial score (nSPS) is 26.6. The zero-order chi connectivity index (χ0) is 19.0. The van der Waals surface area contributed by atoms with Crippen LogP contribution in [0, 0.1) is 0 Å². The molecule has 3 fully saturated rings. The Kier molecular flexibility index (Phi) is 8.65. The van der Waals surface area contributed by atoms with Gasteiger partial charge in [-0.1, -0.05) is 0 Å². The standard InChI is InChI=1S/C22H34N4O.2ClH/c1-16(2)25-10-12-26(13-11-25)20-8-4-17(5-9-20)22(27)24(3)21-14-18-6-7-19(15-21)23-18;;/h4-5,8-9,16,18-19,21,23H,6-7,10-15H2,1-3H3;2*1H. The fourth-order valence-electron chi connectivity index (χ4n) is 5.02. The molecule has 4 rings (SSSR count). The second-order valence-corrected chi connectivity index (χ2v) is 8.84. The van der Waals surface area contributed by atoms with Gasteiger partial charge in [0.1, 0.15) is 0 Å². The smallest absolute Gasteiger partial charge is 0.253 e. The number of hydrogen-bond acceptors (Lipinski definition) is 4. The summed E-state index contributed by atoms with van der Waals surface area (Å²) in [6.45, 7) is 8.87. The van der Waals surface area contributed by atoms with Crippen molar-refractivity contribution < 1.29 is 4.79 Å². The zero-order valence-electron chi connectivity index (χ0n) is 17.8. The third-order valence-electron chi connectivity index (χ3n) is 6.84. The van der Waals surface area contributed by atoms with Gasteiger partial charge in [-0.3, -0.25) is 9.69 Å². The predicted octanol–water partition coefficient (Wildman–Crippen LogP) is 3.42. The van der Waals surface area contributed by atoms with Gasteiger partial charge in [-0.15, -0.1) is 24.8 Å². The minimum absolute atomic E-state index is 0. The summed E-state index contributed by atoms with van der Waals surface area (Å²) in [5.74, 6) is 0.164. The highest BCUT2D eigenvalue weighted by Crippen LogP contribution is 2.30. The summed E-state index contributed by atoms with van der Waals surface area (Å²) in [6, 6.07) is 10.5. The molecule has 1 aromatic rings. The molecule has 7 heteroatoms.